The van der Waals surface area contributed by atoms with Crippen molar-refractivity contribution in [3.63, 3.8) is 0 Å². The molecule has 0 saturated heterocycles. The summed E-state index contributed by atoms with van der Waals surface area (Å²) >= 11 is -2.63. The molecule has 0 atom stereocenters. The Kier molecular flexibility index (Phi) is 11.0. The second-order valence-electron chi connectivity index (χ2n) is 2.72. The van der Waals surface area contributed by atoms with Gasteiger partial charge in [-0.3, -0.25) is 12.9 Å². The van der Waals surface area contributed by atoms with Crippen LogP contribution in [0.4, 0.5) is 20.7 Å². The van der Waals surface area contributed by atoms with Crippen LogP contribution in [0.15, 0.2) is 30.3 Å². The van der Waals surface area contributed by atoms with E-state index in [1.807, 2.05) is 30.3 Å². The van der Waals surface area contributed by atoms with Crippen molar-refractivity contribution in [1.29, 1.82) is 0 Å². The Balaban J connectivity index is 0. The van der Waals surface area contributed by atoms with E-state index in [-0.39, 0.29) is 4.70 Å². The molecule has 0 N–H and O–H groups in total. The van der Waals surface area contributed by atoms with Crippen LogP contribution in [0, 0.1) is 0 Å². The van der Waals surface area contributed by atoms with Gasteiger partial charge in [0.1, 0.15) is 7.05 Å². The molecule has 0 aliphatic rings. The molecule has 0 fully saturated rings. The molecule has 1 nitrogen and oxygen atoms in total. The van der Waals surface area contributed by atoms with Gasteiger partial charge in [0.05, 0.1) is 0 Å². The van der Waals surface area contributed by atoms with E-state index in [0.29, 0.717) is 6.54 Å². The fourth-order valence-corrected chi connectivity index (χ4v) is 1.14. The van der Waals surface area contributed by atoms with Gasteiger partial charge >= 0.3 is 19.0 Å². The van der Waals surface area contributed by atoms with Crippen molar-refractivity contribution in [2.75, 3.05) is 7.05 Å². The average molecular weight is 277 g/mol. The summed E-state index contributed by atoms with van der Waals surface area (Å²) < 4.78 is 54.2. The van der Waals surface area contributed by atoms with Crippen LogP contribution >= 0.6 is 0 Å². The minimum atomic E-state index is -3.67. The Bertz CT molecular complexity index is 327. The fraction of sp³-hybridized carbons (Fsp3) is 0.250. The number of rotatable bonds is 2. The highest BCUT2D eigenvalue weighted by Crippen LogP contribution is 2.01. The predicted molar refractivity (Wildman–Crippen MR) is 55.0 cm³/mol. The third-order valence-corrected chi connectivity index (χ3v) is 2.08. The summed E-state index contributed by atoms with van der Waals surface area (Å²) in [6.45, 7) is 0.303. The van der Waals surface area contributed by atoms with E-state index in [9.17, 15) is 20.7 Å². The maximum absolute atomic E-state index is 12.1. The number of hydrogen-bond donors (Lipinski definition) is 0. The molecule has 1 rings (SSSR count). The molecule has 17 heavy (non-hydrogen) atoms. The maximum Gasteiger partial charge on any atom is 0.762 e. The minimum Gasteiger partial charge on any atom is -1.00 e. The van der Waals surface area contributed by atoms with Gasteiger partial charge in [0.2, 0.25) is 0 Å². The van der Waals surface area contributed by atoms with Crippen LogP contribution in [0.1, 0.15) is 5.56 Å². The molecule has 0 saturated carbocycles. The predicted octanol–water partition coefficient (Wildman–Crippen LogP) is 0.284. The number of hydrogen-bond acceptors (Lipinski definition) is 0. The van der Waals surface area contributed by atoms with Crippen molar-refractivity contribution in [1.82, 2.24) is 0 Å². The van der Waals surface area contributed by atoms with Crippen molar-refractivity contribution in [2.24, 2.45) is 0 Å². The van der Waals surface area contributed by atoms with Gasteiger partial charge in [0.15, 0.2) is 6.54 Å². The van der Waals surface area contributed by atoms with Crippen molar-refractivity contribution in [3.05, 3.63) is 35.9 Å². The molecule has 1 aromatic carbocycles. The van der Waals surface area contributed by atoms with Gasteiger partial charge in [-0.25, -0.2) is 0 Å². The highest BCUT2D eigenvalue weighted by Gasteiger charge is 2.06. The van der Waals surface area contributed by atoms with Gasteiger partial charge in [-0.15, -0.1) is 0 Å². The first-order chi connectivity index (χ1) is 7.43. The van der Waals surface area contributed by atoms with Gasteiger partial charge in [0.25, 0.3) is 0 Å². The van der Waals surface area contributed by atoms with Gasteiger partial charge in [-0.1, -0.05) is 38.1 Å². The Hall–Kier alpha value is -0.985. The smallest absolute Gasteiger partial charge is 0.762 e. The van der Waals surface area contributed by atoms with E-state index in [1.165, 1.54) is 7.05 Å². The summed E-state index contributed by atoms with van der Waals surface area (Å²) in [6.07, 6.45) is 0. The topological polar surface area (TPSA) is 3.01 Å². The average Bonchev–Trinajstić information content (AvgIpc) is 2.18. The van der Waals surface area contributed by atoms with Crippen LogP contribution in [-0.4, -0.2) is 18.5 Å². The summed E-state index contributed by atoms with van der Waals surface area (Å²) in [5, 5.41) is 0. The van der Waals surface area contributed by atoms with E-state index in [0.717, 1.165) is 9.51 Å². The van der Waals surface area contributed by atoms with Crippen LogP contribution in [0.25, 0.3) is 0 Å². The summed E-state index contributed by atoms with van der Waals surface area (Å²) in [7, 11) is -2.25. The van der Waals surface area contributed by atoms with E-state index >= 15 is 0 Å². The van der Waals surface area contributed by atoms with Gasteiger partial charge < -0.3 is 4.70 Å². The second kappa shape index (κ2) is 10.2. The lowest BCUT2D eigenvalue weighted by atomic mass is 10.2. The molecule has 0 amide bonds. The summed E-state index contributed by atoms with van der Waals surface area (Å²) in [4.78, 5) is 0. The van der Waals surface area contributed by atoms with Crippen LogP contribution in [-0.2, 0) is 18.0 Å². The molecular formula is C8H10BF6NS. The van der Waals surface area contributed by atoms with Gasteiger partial charge in [0, 0.05) is 5.56 Å². The molecule has 0 unspecified atom stereocenters. The van der Waals surface area contributed by atoms with E-state index in [4.69, 9.17) is 0 Å². The van der Waals surface area contributed by atoms with E-state index in [2.05, 4.69) is 0 Å². The molecule has 0 heterocycles. The zero-order chi connectivity index (χ0) is 12.6. The van der Waals surface area contributed by atoms with Crippen LogP contribution in [0.2, 0.25) is 0 Å². The highest BCUT2D eigenvalue weighted by molar-refractivity contribution is 7.74. The molecular weight excluding hydrogens is 267 g/mol. The molecule has 0 aliphatic carbocycles. The van der Waals surface area contributed by atoms with Gasteiger partial charge in [-0.2, -0.15) is 3.95 Å². The first kappa shape index (κ1) is 18.4. The molecule has 0 radical (unpaired) electrons. The Labute approximate surface area is 98.5 Å². The SMILES string of the molecule is C[N+](Cc1ccccc1)=S(F)F.FB(F)F.[F-]. The lowest BCUT2D eigenvalue weighted by Crippen LogP contribution is -3.00. The standard InChI is InChI=1S/C8H10F2NS.BF3.FH/c1-11(12(9)10)7-8-5-3-2-4-6-8;2-1(3)4;/h2-6H,7H2,1H3;;1H/q+1;;/p-1. The minimum absolute atomic E-state index is 0. The number of benzene rings is 1. The third-order valence-electron chi connectivity index (χ3n) is 1.48. The van der Waals surface area contributed by atoms with Crippen LogP contribution < -0.4 is 4.70 Å². The zero-order valence-corrected chi connectivity index (χ0v) is 9.61. The normalized spacial score (nSPS) is 8.88. The lowest BCUT2D eigenvalue weighted by molar-refractivity contribution is -0.492. The number of halogens is 6. The first-order valence-corrected chi connectivity index (χ1v) is 5.16. The Morgan fingerprint density at radius 2 is 1.53 bits per heavy atom. The van der Waals surface area contributed by atoms with Gasteiger partial charge in [-0.05, 0) is 0 Å². The molecule has 0 aliphatic heterocycles. The van der Waals surface area contributed by atoms with Crippen molar-refractivity contribution in [2.45, 2.75) is 6.54 Å². The lowest BCUT2D eigenvalue weighted by Gasteiger charge is -1.94. The highest BCUT2D eigenvalue weighted by atomic mass is 32.2. The van der Waals surface area contributed by atoms with Crippen molar-refractivity contribution in [3.8, 4) is 0 Å². The van der Waals surface area contributed by atoms with Crippen LogP contribution in [0.3, 0.4) is 0 Å². The molecule has 0 bridgehead atoms. The van der Waals surface area contributed by atoms with Crippen LogP contribution in [0.5, 0.6) is 0 Å². The Morgan fingerprint density at radius 1 is 1.12 bits per heavy atom. The third kappa shape index (κ3) is 11.3. The molecule has 1 aromatic rings. The monoisotopic (exact) mass is 277 g/mol. The number of nitrogens with zero attached hydrogens (tertiary/aromatic N) is 1. The zero-order valence-electron chi connectivity index (χ0n) is 8.79. The molecule has 0 spiro atoms. The first-order valence-electron chi connectivity index (χ1n) is 4.17. The van der Waals surface area contributed by atoms with Crippen molar-refractivity contribution < 1.29 is 29.4 Å². The largest absolute Gasteiger partial charge is 1.00 e. The summed E-state index contributed by atoms with van der Waals surface area (Å²) in [5.41, 5.74) is 0.910. The second-order valence-corrected chi connectivity index (χ2v) is 3.73. The molecule has 9 heteroatoms. The van der Waals surface area contributed by atoms with E-state index in [1.54, 1.807) is 0 Å². The molecule has 98 valence electrons. The fourth-order valence-electron chi connectivity index (χ4n) is 0.889. The quantitative estimate of drug-likeness (QED) is 0.415. The summed E-state index contributed by atoms with van der Waals surface area (Å²) in [6, 6.07) is 9.23. The Morgan fingerprint density at radius 3 is 1.88 bits per heavy atom. The maximum atomic E-state index is 12.1. The van der Waals surface area contributed by atoms with E-state index < -0.39 is 19.0 Å². The molecule has 0 aromatic heterocycles. The summed E-state index contributed by atoms with van der Waals surface area (Å²) in [5.74, 6) is 0. The van der Waals surface area contributed by atoms with Crippen molar-refractivity contribution >= 4 is 19.0 Å².